The lowest BCUT2D eigenvalue weighted by Gasteiger charge is -2.36. The maximum absolute atomic E-state index is 13.8. The summed E-state index contributed by atoms with van der Waals surface area (Å²) in [6, 6.07) is 24.6. The Kier molecular flexibility index (Phi) is 7.76. The summed E-state index contributed by atoms with van der Waals surface area (Å²) in [6.07, 6.45) is 2.94. The summed E-state index contributed by atoms with van der Waals surface area (Å²) >= 11 is 13.4. The Balaban J connectivity index is 2.09. The number of hydrogen-bond donors (Lipinski definition) is 1. The van der Waals surface area contributed by atoms with Crippen LogP contribution in [0.2, 0.25) is 5.02 Å². The zero-order valence-corrected chi connectivity index (χ0v) is 19.2. The molecule has 3 aromatic rings. The molecule has 0 aromatic heterocycles. The molecule has 30 heavy (non-hydrogen) atoms. The van der Waals surface area contributed by atoms with Gasteiger partial charge in [-0.15, -0.1) is 18.2 Å². The molecule has 5 heteroatoms. The van der Waals surface area contributed by atoms with E-state index in [-0.39, 0.29) is 0 Å². The monoisotopic (exact) mass is 457 g/mol. The van der Waals surface area contributed by atoms with E-state index < -0.39 is 21.0 Å². The normalized spacial score (nSPS) is 15.0. The van der Waals surface area contributed by atoms with Crippen LogP contribution in [-0.4, -0.2) is 8.42 Å². The van der Waals surface area contributed by atoms with Gasteiger partial charge >= 0.3 is 0 Å². The zero-order valence-electron chi connectivity index (χ0n) is 16.9. The van der Waals surface area contributed by atoms with Gasteiger partial charge in [-0.1, -0.05) is 65.7 Å². The molecular weight excluding hydrogens is 433 g/mol. The SMILES string of the molecule is C=CCC[C@@](Cl)([C@H](Nc1ccccc1)c1ccc(Cl)cc1)[S@](=O)c1ccc(C)cc1. The summed E-state index contributed by atoms with van der Waals surface area (Å²) in [6.45, 7) is 5.85. The fraction of sp³-hybridized carbons (Fsp3) is 0.200. The van der Waals surface area contributed by atoms with Crippen molar-refractivity contribution in [3.63, 3.8) is 0 Å². The molecule has 156 valence electrons. The summed E-state index contributed by atoms with van der Waals surface area (Å²) in [4.78, 5) is 0.702. The topological polar surface area (TPSA) is 29.1 Å². The minimum Gasteiger partial charge on any atom is -0.375 e. The number of aryl methyl sites for hydroxylation is 1. The van der Waals surface area contributed by atoms with Crippen LogP contribution in [0, 0.1) is 6.92 Å². The highest BCUT2D eigenvalue weighted by Gasteiger charge is 2.44. The minimum atomic E-state index is -1.48. The molecule has 3 atom stereocenters. The van der Waals surface area contributed by atoms with Crippen LogP contribution < -0.4 is 5.32 Å². The van der Waals surface area contributed by atoms with E-state index in [2.05, 4.69) is 11.9 Å². The molecule has 0 aliphatic heterocycles. The van der Waals surface area contributed by atoms with Crippen molar-refractivity contribution >= 4 is 39.7 Å². The smallest absolute Gasteiger partial charge is 0.148 e. The number of para-hydroxylation sites is 1. The molecule has 0 fully saturated rings. The van der Waals surface area contributed by atoms with Gasteiger partial charge in [0.15, 0.2) is 0 Å². The quantitative estimate of drug-likeness (QED) is 0.266. The van der Waals surface area contributed by atoms with E-state index >= 15 is 0 Å². The Morgan fingerprint density at radius 1 is 1.03 bits per heavy atom. The second kappa shape index (κ2) is 10.3. The summed E-state index contributed by atoms with van der Waals surface area (Å²) in [5, 5.41) is 4.17. The van der Waals surface area contributed by atoms with E-state index in [9.17, 15) is 4.21 Å². The molecule has 0 spiro atoms. The fourth-order valence-corrected chi connectivity index (χ4v) is 5.47. The van der Waals surface area contributed by atoms with Crippen molar-refractivity contribution in [2.45, 2.75) is 34.9 Å². The number of benzene rings is 3. The van der Waals surface area contributed by atoms with Crippen molar-refractivity contribution in [1.29, 1.82) is 0 Å². The maximum atomic E-state index is 13.8. The highest BCUT2D eigenvalue weighted by molar-refractivity contribution is 7.88. The zero-order chi connectivity index (χ0) is 21.6. The van der Waals surface area contributed by atoms with Crippen LogP contribution in [0.3, 0.4) is 0 Å². The number of anilines is 1. The van der Waals surface area contributed by atoms with Gasteiger partial charge < -0.3 is 5.32 Å². The largest absolute Gasteiger partial charge is 0.375 e. The third-order valence-corrected chi connectivity index (χ3v) is 7.79. The van der Waals surface area contributed by atoms with Crippen LogP contribution in [0.1, 0.15) is 30.0 Å². The van der Waals surface area contributed by atoms with Gasteiger partial charge in [0.1, 0.15) is 4.21 Å². The summed E-state index contributed by atoms with van der Waals surface area (Å²) in [5.41, 5.74) is 2.93. The Morgan fingerprint density at radius 3 is 2.27 bits per heavy atom. The standard InChI is InChI=1S/C25H25Cl2NOS/c1-3-4-18-25(27,30(29)23-16-10-19(2)11-17-23)24(20-12-14-21(26)15-13-20)28-22-8-6-5-7-9-22/h3,5-17,24,28H,1,4,18H2,2H3/t24-,25+,30-/m1/s1. The van der Waals surface area contributed by atoms with Gasteiger partial charge in [0, 0.05) is 15.6 Å². The van der Waals surface area contributed by atoms with Gasteiger partial charge in [-0.3, -0.25) is 4.21 Å². The Hall–Kier alpha value is -2.07. The molecule has 0 saturated carbocycles. The van der Waals surface area contributed by atoms with Gasteiger partial charge in [0.05, 0.1) is 16.8 Å². The Bertz CT molecular complexity index is 990. The highest BCUT2D eigenvalue weighted by Crippen LogP contribution is 2.44. The van der Waals surface area contributed by atoms with Gasteiger partial charge in [0.2, 0.25) is 0 Å². The number of allylic oxidation sites excluding steroid dienone is 1. The third-order valence-electron chi connectivity index (χ3n) is 4.95. The molecule has 0 radical (unpaired) electrons. The van der Waals surface area contributed by atoms with Crippen LogP contribution in [0.15, 0.2) is 96.4 Å². The van der Waals surface area contributed by atoms with E-state index in [0.717, 1.165) is 16.8 Å². The van der Waals surface area contributed by atoms with E-state index in [1.807, 2.05) is 91.9 Å². The average molecular weight is 458 g/mol. The van der Waals surface area contributed by atoms with Gasteiger partial charge in [0.25, 0.3) is 0 Å². The molecule has 0 unspecified atom stereocenters. The Labute approximate surface area is 191 Å². The Morgan fingerprint density at radius 2 is 1.67 bits per heavy atom. The van der Waals surface area contributed by atoms with Crippen molar-refractivity contribution in [3.05, 3.63) is 108 Å². The van der Waals surface area contributed by atoms with E-state index in [0.29, 0.717) is 22.8 Å². The summed E-state index contributed by atoms with van der Waals surface area (Å²) in [5.74, 6) is 0. The number of hydrogen-bond acceptors (Lipinski definition) is 2. The predicted molar refractivity (Wildman–Crippen MR) is 130 cm³/mol. The summed E-state index contributed by atoms with van der Waals surface area (Å²) < 4.78 is 12.7. The van der Waals surface area contributed by atoms with Crippen molar-refractivity contribution in [1.82, 2.24) is 0 Å². The lowest BCUT2D eigenvalue weighted by molar-refractivity contribution is 0.581. The lowest BCUT2D eigenvalue weighted by Crippen LogP contribution is -2.39. The second-order valence-corrected chi connectivity index (χ2v) is 10.3. The molecule has 0 saturated heterocycles. The van der Waals surface area contributed by atoms with Crippen LogP contribution in [0.4, 0.5) is 5.69 Å². The third kappa shape index (κ3) is 5.34. The molecule has 1 N–H and O–H groups in total. The molecular formula is C25H25Cl2NOS. The minimum absolute atomic E-state index is 0.416. The second-order valence-electron chi connectivity index (χ2n) is 7.19. The first-order chi connectivity index (χ1) is 14.4. The molecule has 0 aliphatic carbocycles. The number of nitrogens with one attached hydrogen (secondary N) is 1. The van der Waals surface area contributed by atoms with E-state index in [1.54, 1.807) is 0 Å². The molecule has 0 amide bonds. The van der Waals surface area contributed by atoms with E-state index in [1.165, 1.54) is 0 Å². The number of rotatable bonds is 9. The lowest BCUT2D eigenvalue weighted by atomic mass is 9.99. The van der Waals surface area contributed by atoms with Crippen molar-refractivity contribution in [2.75, 3.05) is 5.32 Å². The van der Waals surface area contributed by atoms with Crippen LogP contribution >= 0.6 is 23.2 Å². The van der Waals surface area contributed by atoms with Gasteiger partial charge in [-0.05, 0) is 61.7 Å². The number of alkyl halides is 1. The molecule has 2 nitrogen and oxygen atoms in total. The first-order valence-electron chi connectivity index (χ1n) is 9.79. The van der Waals surface area contributed by atoms with Crippen molar-refractivity contribution in [3.8, 4) is 0 Å². The first kappa shape index (κ1) is 22.6. The molecule has 0 aliphatic rings. The number of halogens is 2. The molecule has 0 heterocycles. The maximum Gasteiger partial charge on any atom is 0.148 e. The average Bonchev–Trinajstić information content (AvgIpc) is 2.77. The van der Waals surface area contributed by atoms with Crippen molar-refractivity contribution < 1.29 is 4.21 Å². The first-order valence-corrected chi connectivity index (χ1v) is 11.7. The highest BCUT2D eigenvalue weighted by atomic mass is 35.5. The van der Waals surface area contributed by atoms with E-state index in [4.69, 9.17) is 23.2 Å². The van der Waals surface area contributed by atoms with Gasteiger partial charge in [-0.25, -0.2) is 0 Å². The van der Waals surface area contributed by atoms with Crippen molar-refractivity contribution in [2.24, 2.45) is 0 Å². The van der Waals surface area contributed by atoms with Gasteiger partial charge in [-0.2, -0.15) is 0 Å². The summed E-state index contributed by atoms with van der Waals surface area (Å²) in [7, 11) is -1.48. The molecule has 3 rings (SSSR count). The molecule has 3 aromatic carbocycles. The molecule has 0 bridgehead atoms. The predicted octanol–water partition coefficient (Wildman–Crippen LogP) is 7.51. The van der Waals surface area contributed by atoms with Crippen LogP contribution in [-0.2, 0) is 10.8 Å². The van der Waals surface area contributed by atoms with Crippen LogP contribution in [0.25, 0.3) is 0 Å². The van der Waals surface area contributed by atoms with Crippen LogP contribution in [0.5, 0.6) is 0 Å². The fourth-order valence-electron chi connectivity index (χ4n) is 3.30.